The van der Waals surface area contributed by atoms with Crippen molar-refractivity contribution in [3.05, 3.63) is 68.7 Å². The molecule has 2 aromatic carbocycles. The summed E-state index contributed by atoms with van der Waals surface area (Å²) < 4.78 is 27.3. The van der Waals surface area contributed by atoms with Crippen LogP contribution in [0.5, 0.6) is 0 Å². The molecular weight excluding hydrogens is 348 g/mol. The lowest BCUT2D eigenvalue weighted by Gasteiger charge is -2.17. The van der Waals surface area contributed by atoms with E-state index in [1.807, 2.05) is 6.07 Å². The molecule has 1 unspecified atom stereocenters. The van der Waals surface area contributed by atoms with E-state index in [4.69, 9.17) is 11.6 Å². The Morgan fingerprint density at radius 1 is 1.20 bits per heavy atom. The molecule has 5 heteroatoms. The molecule has 0 aliphatic heterocycles. The topological polar surface area (TPSA) is 12.0 Å². The van der Waals surface area contributed by atoms with Crippen molar-refractivity contribution in [1.29, 1.82) is 0 Å². The molecule has 106 valence electrons. The van der Waals surface area contributed by atoms with Crippen LogP contribution in [0.2, 0.25) is 5.02 Å². The fraction of sp³-hybridized carbons (Fsp3) is 0.200. The van der Waals surface area contributed by atoms with Crippen LogP contribution in [0, 0.1) is 11.6 Å². The summed E-state index contributed by atoms with van der Waals surface area (Å²) in [5.41, 5.74) is 1.70. The van der Waals surface area contributed by atoms with Crippen LogP contribution in [0.25, 0.3) is 0 Å². The molecule has 0 bridgehead atoms. The average Bonchev–Trinajstić information content (AvgIpc) is 2.38. The molecule has 0 aliphatic rings. The van der Waals surface area contributed by atoms with E-state index in [0.717, 1.165) is 11.1 Å². The highest BCUT2D eigenvalue weighted by atomic mass is 79.9. The van der Waals surface area contributed by atoms with Gasteiger partial charge >= 0.3 is 0 Å². The van der Waals surface area contributed by atoms with Crippen LogP contribution >= 0.6 is 27.5 Å². The second-order valence-electron chi connectivity index (χ2n) is 4.50. The molecule has 0 amide bonds. The van der Waals surface area contributed by atoms with E-state index < -0.39 is 5.82 Å². The van der Waals surface area contributed by atoms with Crippen molar-refractivity contribution < 1.29 is 8.78 Å². The number of nitrogens with one attached hydrogen (secondary N) is 1. The van der Waals surface area contributed by atoms with Crippen molar-refractivity contribution in [3.63, 3.8) is 0 Å². The van der Waals surface area contributed by atoms with E-state index in [1.165, 1.54) is 18.2 Å². The summed E-state index contributed by atoms with van der Waals surface area (Å²) in [5.74, 6) is -0.736. The molecule has 1 atom stereocenters. The number of benzene rings is 2. The molecule has 0 aromatic heterocycles. The summed E-state index contributed by atoms with van der Waals surface area (Å²) in [6.07, 6.45) is 0.578. The minimum atomic E-state index is -0.446. The number of hydrogen-bond donors (Lipinski definition) is 1. The van der Waals surface area contributed by atoms with E-state index in [1.54, 1.807) is 19.2 Å². The smallest absolute Gasteiger partial charge is 0.141 e. The van der Waals surface area contributed by atoms with Gasteiger partial charge in [0.15, 0.2) is 0 Å². The van der Waals surface area contributed by atoms with Gasteiger partial charge in [0.1, 0.15) is 11.6 Å². The molecule has 1 nitrogen and oxygen atoms in total. The SMILES string of the molecule is CNC(Cc1cc(F)cc(Br)c1)c1ccc(F)c(Cl)c1. The van der Waals surface area contributed by atoms with Crippen molar-refractivity contribution in [2.45, 2.75) is 12.5 Å². The predicted octanol–water partition coefficient (Wildman–Crippen LogP) is 4.88. The van der Waals surface area contributed by atoms with Crippen molar-refractivity contribution in [2.75, 3.05) is 7.05 Å². The molecule has 0 spiro atoms. The molecule has 2 aromatic rings. The molecule has 0 saturated carbocycles. The third kappa shape index (κ3) is 3.78. The largest absolute Gasteiger partial charge is 0.313 e. The molecule has 0 fully saturated rings. The monoisotopic (exact) mass is 359 g/mol. The molecule has 2 rings (SSSR count). The van der Waals surface area contributed by atoms with E-state index >= 15 is 0 Å². The standard InChI is InChI=1S/C15H13BrClF2N/c1-20-15(10-2-3-14(19)13(17)7-10)6-9-4-11(16)8-12(18)5-9/h2-5,7-8,15,20H,6H2,1H3. The minimum Gasteiger partial charge on any atom is -0.313 e. The van der Waals surface area contributed by atoms with Crippen LogP contribution in [0.3, 0.4) is 0 Å². The van der Waals surface area contributed by atoms with E-state index in [0.29, 0.717) is 10.9 Å². The third-order valence-corrected chi connectivity index (χ3v) is 3.80. The van der Waals surface area contributed by atoms with Crippen molar-refractivity contribution in [2.24, 2.45) is 0 Å². The summed E-state index contributed by atoms with van der Waals surface area (Å²) in [7, 11) is 1.80. The van der Waals surface area contributed by atoms with Gasteiger partial charge < -0.3 is 5.32 Å². The molecule has 1 N–H and O–H groups in total. The Bertz CT molecular complexity index is 599. The zero-order valence-corrected chi connectivity index (χ0v) is 13.1. The van der Waals surface area contributed by atoms with Gasteiger partial charge in [-0.15, -0.1) is 0 Å². The van der Waals surface area contributed by atoms with Gasteiger partial charge in [0, 0.05) is 10.5 Å². The van der Waals surface area contributed by atoms with Crippen LogP contribution in [-0.4, -0.2) is 7.05 Å². The summed E-state index contributed by atoms with van der Waals surface area (Å²) in [4.78, 5) is 0. The maximum Gasteiger partial charge on any atom is 0.141 e. The van der Waals surface area contributed by atoms with E-state index in [-0.39, 0.29) is 16.9 Å². The molecule has 20 heavy (non-hydrogen) atoms. The van der Waals surface area contributed by atoms with Gasteiger partial charge in [-0.05, 0) is 54.9 Å². The molecule has 0 heterocycles. The van der Waals surface area contributed by atoms with Gasteiger partial charge in [-0.2, -0.15) is 0 Å². The number of likely N-dealkylation sites (N-methyl/N-ethyl adjacent to an activating group) is 1. The van der Waals surface area contributed by atoms with Crippen molar-refractivity contribution in [3.8, 4) is 0 Å². The zero-order chi connectivity index (χ0) is 14.7. The first kappa shape index (κ1) is 15.4. The highest BCUT2D eigenvalue weighted by Crippen LogP contribution is 2.25. The van der Waals surface area contributed by atoms with Gasteiger partial charge in [-0.3, -0.25) is 0 Å². The first-order valence-electron chi connectivity index (χ1n) is 6.07. The Morgan fingerprint density at radius 2 is 1.95 bits per heavy atom. The molecule has 0 radical (unpaired) electrons. The average molecular weight is 361 g/mol. The van der Waals surface area contributed by atoms with E-state index in [9.17, 15) is 8.78 Å². The Hall–Kier alpha value is -0.970. The van der Waals surface area contributed by atoms with Crippen LogP contribution in [0.15, 0.2) is 40.9 Å². The highest BCUT2D eigenvalue weighted by Gasteiger charge is 2.13. The fourth-order valence-electron chi connectivity index (χ4n) is 2.08. The fourth-order valence-corrected chi connectivity index (χ4v) is 2.78. The van der Waals surface area contributed by atoms with Crippen molar-refractivity contribution in [1.82, 2.24) is 5.32 Å². The molecular formula is C15H13BrClF2N. The second kappa shape index (κ2) is 6.66. The first-order chi connectivity index (χ1) is 9.49. The van der Waals surface area contributed by atoms with Gasteiger partial charge in [0.2, 0.25) is 0 Å². The first-order valence-corrected chi connectivity index (χ1v) is 7.24. The molecule has 0 saturated heterocycles. The Morgan fingerprint density at radius 3 is 2.55 bits per heavy atom. The quantitative estimate of drug-likeness (QED) is 0.819. The normalized spacial score (nSPS) is 12.4. The van der Waals surface area contributed by atoms with Gasteiger partial charge in [-0.25, -0.2) is 8.78 Å². The van der Waals surface area contributed by atoms with E-state index in [2.05, 4.69) is 21.2 Å². The number of halogens is 4. The van der Waals surface area contributed by atoms with Gasteiger partial charge in [0.05, 0.1) is 5.02 Å². The highest BCUT2D eigenvalue weighted by molar-refractivity contribution is 9.10. The van der Waals surface area contributed by atoms with Crippen LogP contribution in [0.1, 0.15) is 17.2 Å². The second-order valence-corrected chi connectivity index (χ2v) is 5.82. The molecule has 0 aliphatic carbocycles. The van der Waals surface area contributed by atoms with Gasteiger partial charge in [-0.1, -0.05) is 33.6 Å². The Labute approximate surface area is 130 Å². The third-order valence-electron chi connectivity index (χ3n) is 3.06. The van der Waals surface area contributed by atoms with Crippen molar-refractivity contribution >= 4 is 27.5 Å². The number of rotatable bonds is 4. The lowest BCUT2D eigenvalue weighted by Crippen LogP contribution is -2.19. The summed E-state index contributed by atoms with van der Waals surface area (Å²) in [6.45, 7) is 0. The van der Waals surface area contributed by atoms with Crippen LogP contribution in [0.4, 0.5) is 8.78 Å². The Balaban J connectivity index is 2.26. The Kier molecular flexibility index (Phi) is 5.13. The van der Waals surface area contributed by atoms with Gasteiger partial charge in [0.25, 0.3) is 0 Å². The summed E-state index contributed by atoms with van der Waals surface area (Å²) in [5, 5.41) is 3.22. The zero-order valence-electron chi connectivity index (χ0n) is 10.8. The maximum atomic E-state index is 13.4. The minimum absolute atomic E-state index is 0.0678. The lowest BCUT2D eigenvalue weighted by molar-refractivity contribution is 0.579. The van der Waals surface area contributed by atoms with Crippen LogP contribution in [-0.2, 0) is 6.42 Å². The predicted molar refractivity (Wildman–Crippen MR) is 81.0 cm³/mol. The summed E-state index contributed by atoms with van der Waals surface area (Å²) >= 11 is 9.07. The number of hydrogen-bond acceptors (Lipinski definition) is 1. The lowest BCUT2D eigenvalue weighted by atomic mass is 9.99. The maximum absolute atomic E-state index is 13.4. The van der Waals surface area contributed by atoms with Crippen LogP contribution < -0.4 is 5.32 Å². The summed E-state index contributed by atoms with van der Waals surface area (Å²) in [6, 6.07) is 9.29.